The summed E-state index contributed by atoms with van der Waals surface area (Å²) in [6.07, 6.45) is 0. The Morgan fingerprint density at radius 1 is 0.871 bits per heavy atom. The van der Waals surface area contributed by atoms with Crippen LogP contribution in [-0.2, 0) is 10.5 Å². The van der Waals surface area contributed by atoms with Gasteiger partial charge in [0, 0.05) is 17.0 Å². The summed E-state index contributed by atoms with van der Waals surface area (Å²) in [7, 11) is 0. The van der Waals surface area contributed by atoms with Crippen molar-refractivity contribution in [1.29, 1.82) is 0 Å². The van der Waals surface area contributed by atoms with E-state index in [1.165, 1.54) is 5.56 Å². The lowest BCUT2D eigenvalue weighted by atomic mass is 10.1. The van der Waals surface area contributed by atoms with E-state index in [9.17, 15) is 9.59 Å². The smallest absolute Gasteiger partial charge is 0.255 e. The van der Waals surface area contributed by atoms with Gasteiger partial charge in [0.1, 0.15) is 0 Å². The van der Waals surface area contributed by atoms with Gasteiger partial charge in [0.05, 0.1) is 11.0 Å². The molecular formula is C25H25N3O2S. The van der Waals surface area contributed by atoms with Gasteiger partial charge in [-0.1, -0.05) is 60.7 Å². The second-order valence-electron chi connectivity index (χ2n) is 7.01. The molecule has 2 N–H and O–H groups in total. The molecule has 0 fully saturated rings. The van der Waals surface area contributed by atoms with E-state index in [4.69, 9.17) is 0 Å². The molecule has 0 saturated carbocycles. The molecule has 1 atom stereocenters. The predicted molar refractivity (Wildman–Crippen MR) is 128 cm³/mol. The minimum Gasteiger partial charge on any atom is -0.322 e. The molecule has 0 aliphatic heterocycles. The van der Waals surface area contributed by atoms with Gasteiger partial charge in [0.25, 0.3) is 11.8 Å². The Bertz CT molecular complexity index is 1040. The molecule has 0 unspecified atom stereocenters. The SMILES string of the molecule is C/C(=N/NC(=O)[C@H](C)SCc1ccccc1)c1ccc(NC(=O)c2ccccc2)cc1. The molecule has 0 aliphatic rings. The fraction of sp³-hybridized carbons (Fsp3) is 0.160. The van der Waals surface area contributed by atoms with Gasteiger partial charge in [-0.25, -0.2) is 5.43 Å². The number of rotatable bonds is 8. The van der Waals surface area contributed by atoms with Gasteiger partial charge in [0.15, 0.2) is 0 Å². The van der Waals surface area contributed by atoms with Crippen molar-refractivity contribution in [2.75, 3.05) is 5.32 Å². The molecule has 31 heavy (non-hydrogen) atoms. The Morgan fingerprint density at radius 3 is 2.13 bits per heavy atom. The first kappa shape index (κ1) is 22.3. The quantitative estimate of drug-likeness (QED) is 0.385. The van der Waals surface area contributed by atoms with Crippen molar-refractivity contribution in [3.05, 3.63) is 102 Å². The highest BCUT2D eigenvalue weighted by molar-refractivity contribution is 7.99. The number of nitrogens with zero attached hydrogens (tertiary/aromatic N) is 1. The number of hydrogen-bond donors (Lipinski definition) is 2. The summed E-state index contributed by atoms with van der Waals surface area (Å²) >= 11 is 1.57. The van der Waals surface area contributed by atoms with Gasteiger partial charge in [-0.3, -0.25) is 9.59 Å². The minimum absolute atomic E-state index is 0.132. The lowest BCUT2D eigenvalue weighted by Gasteiger charge is -2.10. The first-order chi connectivity index (χ1) is 15.0. The number of amides is 2. The highest BCUT2D eigenvalue weighted by Crippen LogP contribution is 2.17. The first-order valence-electron chi connectivity index (χ1n) is 9.99. The molecule has 0 spiro atoms. The molecule has 0 saturated heterocycles. The zero-order valence-corrected chi connectivity index (χ0v) is 18.4. The van der Waals surface area contributed by atoms with Crippen molar-refractivity contribution in [1.82, 2.24) is 5.43 Å². The van der Waals surface area contributed by atoms with Gasteiger partial charge < -0.3 is 5.32 Å². The van der Waals surface area contributed by atoms with Gasteiger partial charge in [0.2, 0.25) is 0 Å². The average Bonchev–Trinajstić information content (AvgIpc) is 2.82. The maximum absolute atomic E-state index is 12.3. The number of thioether (sulfide) groups is 1. The molecule has 6 heteroatoms. The summed E-state index contributed by atoms with van der Waals surface area (Å²) in [4.78, 5) is 24.6. The number of hydrogen-bond acceptors (Lipinski definition) is 4. The number of nitrogens with one attached hydrogen (secondary N) is 2. The fourth-order valence-electron chi connectivity index (χ4n) is 2.75. The van der Waals surface area contributed by atoms with E-state index in [1.807, 2.05) is 86.6 Å². The topological polar surface area (TPSA) is 70.6 Å². The third-order valence-electron chi connectivity index (χ3n) is 4.64. The highest BCUT2D eigenvalue weighted by atomic mass is 32.2. The van der Waals surface area contributed by atoms with E-state index in [1.54, 1.807) is 23.9 Å². The van der Waals surface area contributed by atoms with E-state index in [0.29, 0.717) is 17.0 Å². The van der Waals surface area contributed by atoms with Crippen molar-refractivity contribution in [3.63, 3.8) is 0 Å². The maximum Gasteiger partial charge on any atom is 0.255 e. The molecule has 0 bridgehead atoms. The third kappa shape index (κ3) is 6.83. The minimum atomic E-state index is -0.215. The van der Waals surface area contributed by atoms with Gasteiger partial charge in [-0.05, 0) is 49.2 Å². The van der Waals surface area contributed by atoms with Crippen molar-refractivity contribution in [2.24, 2.45) is 5.10 Å². The van der Waals surface area contributed by atoms with Crippen molar-refractivity contribution in [2.45, 2.75) is 24.9 Å². The summed E-state index contributed by atoms with van der Waals surface area (Å²) in [5, 5.41) is 6.88. The van der Waals surface area contributed by atoms with Crippen molar-refractivity contribution < 1.29 is 9.59 Å². The van der Waals surface area contributed by atoms with E-state index in [0.717, 1.165) is 11.3 Å². The second kappa shape index (κ2) is 11.1. The van der Waals surface area contributed by atoms with Crippen LogP contribution in [-0.4, -0.2) is 22.8 Å². The predicted octanol–water partition coefficient (Wildman–Crippen LogP) is 5.10. The highest BCUT2D eigenvalue weighted by Gasteiger charge is 2.13. The lowest BCUT2D eigenvalue weighted by molar-refractivity contribution is -0.120. The molecule has 158 valence electrons. The van der Waals surface area contributed by atoms with Gasteiger partial charge in [-0.15, -0.1) is 11.8 Å². The standard InChI is InChI=1S/C25H25N3O2S/c1-18(27-28-24(29)19(2)31-17-20-9-5-3-6-10-20)21-13-15-23(16-14-21)26-25(30)22-11-7-4-8-12-22/h3-16,19H,17H2,1-2H3,(H,26,30)(H,28,29)/b27-18-/t19-/m0/s1. The maximum atomic E-state index is 12.3. The Morgan fingerprint density at radius 2 is 1.48 bits per heavy atom. The van der Waals surface area contributed by atoms with Crippen molar-refractivity contribution >= 4 is 35.0 Å². The Hall–Kier alpha value is -3.38. The molecule has 3 rings (SSSR count). The monoisotopic (exact) mass is 431 g/mol. The van der Waals surface area contributed by atoms with Gasteiger partial charge >= 0.3 is 0 Å². The van der Waals surface area contributed by atoms with Crippen molar-refractivity contribution in [3.8, 4) is 0 Å². The van der Waals surface area contributed by atoms with E-state index < -0.39 is 0 Å². The van der Waals surface area contributed by atoms with Crippen LogP contribution >= 0.6 is 11.8 Å². The summed E-state index contributed by atoms with van der Waals surface area (Å²) in [5.74, 6) is 0.480. The van der Waals surface area contributed by atoms with Crippen LogP contribution in [0.4, 0.5) is 5.69 Å². The summed E-state index contributed by atoms with van der Waals surface area (Å²) in [6, 6.07) is 26.5. The van der Waals surface area contributed by atoms with E-state index >= 15 is 0 Å². The number of hydrazone groups is 1. The van der Waals surface area contributed by atoms with E-state index in [-0.39, 0.29) is 17.1 Å². The molecular weight excluding hydrogens is 406 g/mol. The number of carbonyl (C=O) groups is 2. The molecule has 3 aromatic rings. The average molecular weight is 432 g/mol. The second-order valence-corrected chi connectivity index (χ2v) is 8.34. The fourth-order valence-corrected chi connectivity index (χ4v) is 3.59. The van der Waals surface area contributed by atoms with Crippen LogP contribution in [0.1, 0.15) is 35.3 Å². The summed E-state index contributed by atoms with van der Waals surface area (Å²) in [6.45, 7) is 3.71. The Balaban J connectivity index is 1.51. The van der Waals surface area contributed by atoms with Crippen LogP contribution in [0.5, 0.6) is 0 Å². The molecule has 0 aromatic heterocycles. The molecule has 0 radical (unpaired) electrons. The number of carbonyl (C=O) groups excluding carboxylic acids is 2. The Kier molecular flexibility index (Phi) is 8.01. The molecule has 2 amide bonds. The molecule has 3 aromatic carbocycles. The van der Waals surface area contributed by atoms with E-state index in [2.05, 4.69) is 15.8 Å². The lowest BCUT2D eigenvalue weighted by Crippen LogP contribution is -2.27. The molecule has 0 heterocycles. The van der Waals surface area contributed by atoms with Crippen LogP contribution in [0.25, 0.3) is 0 Å². The summed E-state index contributed by atoms with van der Waals surface area (Å²) in [5.41, 5.74) is 6.68. The first-order valence-corrected chi connectivity index (χ1v) is 11.0. The van der Waals surface area contributed by atoms with Gasteiger partial charge in [-0.2, -0.15) is 5.10 Å². The molecule has 5 nitrogen and oxygen atoms in total. The summed E-state index contributed by atoms with van der Waals surface area (Å²) < 4.78 is 0. The normalized spacial score (nSPS) is 12.1. The molecule has 0 aliphatic carbocycles. The largest absolute Gasteiger partial charge is 0.322 e. The van der Waals surface area contributed by atoms with Crippen LogP contribution in [0, 0.1) is 0 Å². The van der Waals surface area contributed by atoms with Crippen LogP contribution < -0.4 is 10.7 Å². The number of benzene rings is 3. The number of anilines is 1. The third-order valence-corrected chi connectivity index (χ3v) is 5.86. The zero-order chi connectivity index (χ0) is 22.1. The zero-order valence-electron chi connectivity index (χ0n) is 17.5. The van der Waals surface area contributed by atoms with Crippen LogP contribution in [0.3, 0.4) is 0 Å². The Labute approximate surface area is 187 Å². The van der Waals surface area contributed by atoms with Crippen LogP contribution in [0.2, 0.25) is 0 Å². The van der Waals surface area contributed by atoms with Crippen LogP contribution in [0.15, 0.2) is 90.0 Å².